The van der Waals surface area contributed by atoms with Gasteiger partial charge in [-0.1, -0.05) is 30.3 Å². The Hall–Kier alpha value is -2.07. The van der Waals surface area contributed by atoms with Crippen molar-refractivity contribution < 1.29 is 14.6 Å². The molecule has 1 N–H and O–H groups in total. The fourth-order valence-electron chi connectivity index (χ4n) is 2.19. The van der Waals surface area contributed by atoms with Gasteiger partial charge in [-0.05, 0) is 44.3 Å². The highest BCUT2D eigenvalue weighted by molar-refractivity contribution is 6.06. The van der Waals surface area contributed by atoms with Gasteiger partial charge in [-0.3, -0.25) is 0 Å². The monoisotopic (exact) mass is 287 g/mol. The lowest BCUT2D eigenvalue weighted by atomic mass is 10.0. The van der Waals surface area contributed by atoms with Gasteiger partial charge in [0.05, 0.1) is 6.61 Å². The van der Waals surface area contributed by atoms with Crippen molar-refractivity contribution in [2.24, 2.45) is 0 Å². The van der Waals surface area contributed by atoms with Gasteiger partial charge >= 0.3 is 5.97 Å². The minimum atomic E-state index is -0.956. The minimum absolute atomic E-state index is 0.241. The predicted octanol–water partition coefficient (Wildman–Crippen LogP) is 3.26. The molecule has 2 aromatic rings. The van der Waals surface area contributed by atoms with Crippen LogP contribution in [-0.4, -0.2) is 42.7 Å². The molecule has 112 valence electrons. The molecule has 0 spiro atoms. The van der Waals surface area contributed by atoms with E-state index in [1.54, 1.807) is 6.07 Å². The van der Waals surface area contributed by atoms with Crippen LogP contribution in [0.15, 0.2) is 36.4 Å². The van der Waals surface area contributed by atoms with Gasteiger partial charge in [-0.25, -0.2) is 4.79 Å². The van der Waals surface area contributed by atoms with Gasteiger partial charge in [0.1, 0.15) is 11.3 Å². The SMILES string of the molecule is CC(CCOc1ccc2ccccc2c1C(=O)O)N(C)C. The quantitative estimate of drug-likeness (QED) is 0.886. The van der Waals surface area contributed by atoms with Gasteiger partial charge in [0, 0.05) is 6.04 Å². The highest BCUT2D eigenvalue weighted by Crippen LogP contribution is 2.28. The maximum Gasteiger partial charge on any atom is 0.340 e. The van der Waals surface area contributed by atoms with Gasteiger partial charge in [0.2, 0.25) is 0 Å². The van der Waals surface area contributed by atoms with E-state index < -0.39 is 5.97 Å². The summed E-state index contributed by atoms with van der Waals surface area (Å²) in [6, 6.07) is 11.5. The zero-order valence-corrected chi connectivity index (χ0v) is 12.7. The Morgan fingerprint density at radius 1 is 1.24 bits per heavy atom. The molecule has 0 saturated heterocycles. The third kappa shape index (κ3) is 3.52. The van der Waals surface area contributed by atoms with Crippen molar-refractivity contribution in [1.29, 1.82) is 0 Å². The summed E-state index contributed by atoms with van der Waals surface area (Å²) in [5.74, 6) is -0.519. The zero-order chi connectivity index (χ0) is 15.4. The molecule has 0 heterocycles. The number of carbonyl (C=O) groups is 1. The molecule has 0 saturated carbocycles. The summed E-state index contributed by atoms with van der Waals surface area (Å²) in [4.78, 5) is 13.7. The van der Waals surface area contributed by atoms with E-state index in [4.69, 9.17) is 4.74 Å². The number of ether oxygens (including phenoxy) is 1. The normalized spacial score (nSPS) is 12.6. The Morgan fingerprint density at radius 3 is 2.62 bits per heavy atom. The van der Waals surface area contributed by atoms with E-state index in [9.17, 15) is 9.90 Å². The van der Waals surface area contributed by atoms with E-state index in [0.29, 0.717) is 23.8 Å². The van der Waals surface area contributed by atoms with Gasteiger partial charge in [-0.2, -0.15) is 0 Å². The molecule has 21 heavy (non-hydrogen) atoms. The number of nitrogens with zero attached hydrogens (tertiary/aromatic N) is 1. The number of hydrogen-bond acceptors (Lipinski definition) is 3. The number of rotatable bonds is 6. The smallest absolute Gasteiger partial charge is 0.340 e. The molecule has 0 aliphatic carbocycles. The largest absolute Gasteiger partial charge is 0.493 e. The standard InChI is InChI=1S/C17H21NO3/c1-12(18(2)3)10-11-21-15-9-8-13-6-4-5-7-14(13)16(15)17(19)20/h4-9,12H,10-11H2,1-3H3,(H,19,20). The number of carboxylic acids is 1. The molecule has 2 rings (SSSR count). The lowest BCUT2D eigenvalue weighted by Gasteiger charge is -2.20. The third-order valence-corrected chi connectivity index (χ3v) is 3.78. The molecule has 4 heteroatoms. The molecule has 0 aliphatic heterocycles. The third-order valence-electron chi connectivity index (χ3n) is 3.78. The van der Waals surface area contributed by atoms with E-state index in [1.165, 1.54) is 0 Å². The number of fused-ring (bicyclic) bond motifs is 1. The summed E-state index contributed by atoms with van der Waals surface area (Å²) in [7, 11) is 4.03. The van der Waals surface area contributed by atoms with Crippen LogP contribution in [0.3, 0.4) is 0 Å². The average Bonchev–Trinajstić information content (AvgIpc) is 2.46. The van der Waals surface area contributed by atoms with Gasteiger partial charge in [0.25, 0.3) is 0 Å². The molecule has 0 bridgehead atoms. The molecular weight excluding hydrogens is 266 g/mol. The van der Waals surface area contributed by atoms with Crippen molar-refractivity contribution in [1.82, 2.24) is 4.90 Å². The van der Waals surface area contributed by atoms with Crippen LogP contribution in [0.5, 0.6) is 5.75 Å². The van der Waals surface area contributed by atoms with E-state index in [2.05, 4.69) is 11.8 Å². The van der Waals surface area contributed by atoms with Crippen LogP contribution in [0.2, 0.25) is 0 Å². The summed E-state index contributed by atoms with van der Waals surface area (Å²) in [5.41, 5.74) is 0.241. The summed E-state index contributed by atoms with van der Waals surface area (Å²) in [6.45, 7) is 2.61. The number of aromatic carboxylic acids is 1. The van der Waals surface area contributed by atoms with Crippen molar-refractivity contribution in [2.45, 2.75) is 19.4 Å². The highest BCUT2D eigenvalue weighted by Gasteiger charge is 2.16. The second-order valence-electron chi connectivity index (χ2n) is 5.41. The first-order valence-electron chi connectivity index (χ1n) is 7.05. The average molecular weight is 287 g/mol. The highest BCUT2D eigenvalue weighted by atomic mass is 16.5. The van der Waals surface area contributed by atoms with Crippen LogP contribution in [0.1, 0.15) is 23.7 Å². The molecule has 4 nitrogen and oxygen atoms in total. The van der Waals surface area contributed by atoms with Crippen molar-refractivity contribution in [3.63, 3.8) is 0 Å². The predicted molar refractivity (Wildman–Crippen MR) is 84.2 cm³/mol. The van der Waals surface area contributed by atoms with Gasteiger partial charge in [-0.15, -0.1) is 0 Å². The van der Waals surface area contributed by atoms with Crippen LogP contribution in [0.25, 0.3) is 10.8 Å². The summed E-state index contributed by atoms with van der Waals surface area (Å²) in [6.07, 6.45) is 0.846. The fraction of sp³-hybridized carbons (Fsp3) is 0.353. The summed E-state index contributed by atoms with van der Waals surface area (Å²) >= 11 is 0. The topological polar surface area (TPSA) is 49.8 Å². The van der Waals surface area contributed by atoms with Crippen LogP contribution in [-0.2, 0) is 0 Å². The zero-order valence-electron chi connectivity index (χ0n) is 12.7. The molecular formula is C17H21NO3. The number of benzene rings is 2. The van der Waals surface area contributed by atoms with E-state index >= 15 is 0 Å². The molecule has 1 unspecified atom stereocenters. The molecule has 1 atom stereocenters. The van der Waals surface area contributed by atoms with E-state index in [-0.39, 0.29) is 5.56 Å². The second-order valence-corrected chi connectivity index (χ2v) is 5.41. The number of carboxylic acid groups (broad SMARTS) is 1. The summed E-state index contributed by atoms with van der Waals surface area (Å²) in [5, 5.41) is 11.1. The maximum atomic E-state index is 11.6. The Balaban J connectivity index is 2.23. The Bertz CT molecular complexity index is 637. The van der Waals surface area contributed by atoms with Crippen LogP contribution < -0.4 is 4.74 Å². The van der Waals surface area contributed by atoms with Crippen molar-refractivity contribution >= 4 is 16.7 Å². The molecule has 2 aromatic carbocycles. The van der Waals surface area contributed by atoms with Crippen LogP contribution in [0, 0.1) is 0 Å². The Morgan fingerprint density at radius 2 is 1.95 bits per heavy atom. The van der Waals surface area contributed by atoms with Crippen LogP contribution in [0.4, 0.5) is 0 Å². The van der Waals surface area contributed by atoms with Gasteiger partial charge in [0.15, 0.2) is 0 Å². The number of hydrogen-bond donors (Lipinski definition) is 1. The molecule has 0 aromatic heterocycles. The second kappa shape index (κ2) is 6.59. The molecule has 0 fully saturated rings. The lowest BCUT2D eigenvalue weighted by Crippen LogP contribution is -2.26. The Labute approximate surface area is 124 Å². The lowest BCUT2D eigenvalue weighted by molar-refractivity contribution is 0.0694. The Kier molecular flexibility index (Phi) is 4.81. The first kappa shape index (κ1) is 15.3. The summed E-state index contributed by atoms with van der Waals surface area (Å²) < 4.78 is 5.72. The van der Waals surface area contributed by atoms with Crippen molar-refractivity contribution in [3.05, 3.63) is 42.0 Å². The van der Waals surface area contributed by atoms with E-state index in [1.807, 2.05) is 44.4 Å². The van der Waals surface area contributed by atoms with Crippen molar-refractivity contribution in [3.8, 4) is 5.75 Å². The van der Waals surface area contributed by atoms with Gasteiger partial charge < -0.3 is 14.7 Å². The van der Waals surface area contributed by atoms with E-state index in [0.717, 1.165) is 11.8 Å². The molecule has 0 amide bonds. The maximum absolute atomic E-state index is 11.6. The first-order valence-corrected chi connectivity index (χ1v) is 7.05. The first-order chi connectivity index (χ1) is 10.0. The molecule has 0 radical (unpaired) electrons. The van der Waals surface area contributed by atoms with Crippen LogP contribution >= 0.6 is 0 Å². The van der Waals surface area contributed by atoms with Crippen molar-refractivity contribution in [2.75, 3.05) is 20.7 Å². The minimum Gasteiger partial charge on any atom is -0.493 e. The fourth-order valence-corrected chi connectivity index (χ4v) is 2.19. The molecule has 0 aliphatic rings.